The Kier molecular flexibility index (Phi) is 6.56. The third kappa shape index (κ3) is 4.23. The van der Waals surface area contributed by atoms with Gasteiger partial charge in [0.25, 0.3) is 0 Å². The number of esters is 1. The van der Waals surface area contributed by atoms with E-state index in [0.29, 0.717) is 35.0 Å². The van der Waals surface area contributed by atoms with E-state index in [-0.39, 0.29) is 5.97 Å². The van der Waals surface area contributed by atoms with Gasteiger partial charge in [-0.05, 0) is 123 Å². The van der Waals surface area contributed by atoms with E-state index < -0.39 is 5.60 Å². The number of hydrogen-bond donors (Lipinski definition) is 1. The molecule has 0 radical (unpaired) electrons. The van der Waals surface area contributed by atoms with E-state index in [1.54, 1.807) is 19.1 Å². The average molecular weight is 479 g/mol. The first-order valence-electron chi connectivity index (χ1n) is 13.8. The average Bonchev–Trinajstić information content (AvgIpc) is 3.20. The molecule has 4 aliphatic carbocycles. The predicted molar refractivity (Wildman–Crippen MR) is 137 cm³/mol. The Bertz CT molecular complexity index is 1010. The highest BCUT2D eigenvalue weighted by molar-refractivity contribution is 5.89. The molecule has 0 aliphatic heterocycles. The van der Waals surface area contributed by atoms with Gasteiger partial charge in [0.05, 0.1) is 18.3 Å². The Labute approximate surface area is 211 Å². The molecule has 5 rings (SSSR count). The van der Waals surface area contributed by atoms with E-state index >= 15 is 0 Å². The molecule has 0 saturated heterocycles. The van der Waals surface area contributed by atoms with Crippen molar-refractivity contribution >= 4 is 5.97 Å². The maximum atomic E-state index is 11.9. The molecular weight excluding hydrogens is 436 g/mol. The van der Waals surface area contributed by atoms with Gasteiger partial charge in [-0.25, -0.2) is 4.79 Å². The maximum absolute atomic E-state index is 11.9. The molecule has 4 fully saturated rings. The zero-order chi connectivity index (χ0) is 24.8. The molecule has 1 N–H and O–H groups in total. The number of benzene rings is 1. The molecule has 190 valence electrons. The van der Waals surface area contributed by atoms with Crippen LogP contribution < -0.4 is 0 Å². The maximum Gasteiger partial charge on any atom is 0.338 e. The van der Waals surface area contributed by atoms with Crippen molar-refractivity contribution in [2.24, 2.45) is 34.5 Å². The summed E-state index contributed by atoms with van der Waals surface area (Å²) in [5, 5.41) is 11.5. The Morgan fingerprint density at radius 1 is 1.00 bits per heavy atom. The van der Waals surface area contributed by atoms with Crippen molar-refractivity contribution in [2.75, 3.05) is 13.7 Å². The summed E-state index contributed by atoms with van der Waals surface area (Å²) < 4.78 is 11.0. The molecule has 4 nitrogen and oxygen atoms in total. The number of carbonyl (C=O) groups is 1. The zero-order valence-corrected chi connectivity index (χ0v) is 21.9. The molecule has 1 aromatic carbocycles. The minimum atomic E-state index is -0.922. The zero-order valence-electron chi connectivity index (χ0n) is 21.9. The van der Waals surface area contributed by atoms with Crippen molar-refractivity contribution in [1.82, 2.24) is 0 Å². The summed E-state index contributed by atoms with van der Waals surface area (Å²) in [5.74, 6) is 9.03. The van der Waals surface area contributed by atoms with Crippen LogP contribution in [0.3, 0.4) is 0 Å². The van der Waals surface area contributed by atoms with Crippen molar-refractivity contribution in [3.8, 4) is 11.8 Å². The van der Waals surface area contributed by atoms with Gasteiger partial charge in [0.2, 0.25) is 0 Å². The minimum Gasteiger partial charge on any atom is -0.462 e. The monoisotopic (exact) mass is 478 g/mol. The van der Waals surface area contributed by atoms with E-state index in [1.807, 2.05) is 19.2 Å². The normalized spacial score (nSPS) is 42.1. The van der Waals surface area contributed by atoms with E-state index in [9.17, 15) is 9.90 Å². The van der Waals surface area contributed by atoms with Crippen LogP contribution in [0.1, 0.15) is 94.5 Å². The van der Waals surface area contributed by atoms with Crippen LogP contribution in [-0.2, 0) is 9.47 Å². The van der Waals surface area contributed by atoms with Crippen LogP contribution in [-0.4, -0.2) is 36.5 Å². The fraction of sp³-hybridized carbons (Fsp3) is 0.710. The molecule has 35 heavy (non-hydrogen) atoms. The van der Waals surface area contributed by atoms with E-state index in [0.717, 1.165) is 42.6 Å². The summed E-state index contributed by atoms with van der Waals surface area (Å²) in [6, 6.07) is 7.18. The molecule has 0 amide bonds. The number of fused-ring (bicyclic) bond motifs is 5. The third-order valence-corrected chi connectivity index (χ3v) is 10.8. The van der Waals surface area contributed by atoms with Crippen molar-refractivity contribution in [1.29, 1.82) is 0 Å². The Hall–Kier alpha value is -1.83. The molecule has 0 bridgehead atoms. The standard InChI is InChI=1S/C31H42O4/c1-5-35-28(32)22-8-6-21(7-9-22)14-17-31(33)19-18-29(2)23(20-31)10-11-24-25-12-13-27(34-4)30(25,3)16-15-26(24)29/h6-9,23-27,33H,5,10-13,15-16,18-20H2,1-4H3/t23-,24-,25-,26-,27-,29-,30-,31+/m0/s1. The lowest BCUT2D eigenvalue weighted by Gasteiger charge is -2.61. The fourth-order valence-electron chi connectivity index (χ4n) is 8.79. The second-order valence-corrected chi connectivity index (χ2v) is 12.3. The number of carbonyl (C=O) groups excluding carboxylic acids is 1. The van der Waals surface area contributed by atoms with Gasteiger partial charge in [-0.2, -0.15) is 0 Å². The van der Waals surface area contributed by atoms with Crippen molar-refractivity contribution in [3.63, 3.8) is 0 Å². The van der Waals surface area contributed by atoms with Gasteiger partial charge in [0, 0.05) is 12.7 Å². The fourth-order valence-corrected chi connectivity index (χ4v) is 8.79. The van der Waals surface area contributed by atoms with Crippen molar-refractivity contribution in [3.05, 3.63) is 35.4 Å². The second kappa shape index (κ2) is 9.24. The van der Waals surface area contributed by atoms with Crippen LogP contribution in [0.15, 0.2) is 24.3 Å². The Morgan fingerprint density at radius 3 is 2.46 bits per heavy atom. The third-order valence-electron chi connectivity index (χ3n) is 10.8. The first kappa shape index (κ1) is 24.8. The first-order chi connectivity index (χ1) is 16.7. The lowest BCUT2D eigenvalue weighted by molar-refractivity contribution is -0.146. The summed E-state index contributed by atoms with van der Waals surface area (Å²) in [6.07, 6.45) is 10.6. The minimum absolute atomic E-state index is 0.310. The smallest absolute Gasteiger partial charge is 0.338 e. The van der Waals surface area contributed by atoms with Gasteiger partial charge in [-0.1, -0.05) is 25.7 Å². The van der Waals surface area contributed by atoms with Crippen LogP contribution in [0.25, 0.3) is 0 Å². The predicted octanol–water partition coefficient (Wildman–Crippen LogP) is 6.00. The van der Waals surface area contributed by atoms with Crippen molar-refractivity contribution in [2.45, 2.75) is 90.3 Å². The van der Waals surface area contributed by atoms with E-state index in [1.165, 1.54) is 38.5 Å². The summed E-state index contributed by atoms with van der Waals surface area (Å²) in [4.78, 5) is 11.9. The van der Waals surface area contributed by atoms with Gasteiger partial charge >= 0.3 is 5.97 Å². The van der Waals surface area contributed by atoms with Gasteiger partial charge in [0.1, 0.15) is 5.60 Å². The molecule has 8 atom stereocenters. The SMILES string of the molecule is CCOC(=O)c1ccc(C#C[C@@]2(O)CC[C@@]3(C)[C@@H](CC[C@@H]4[C@@H]3CC[C@]3(C)[C@@H](OC)CC[C@@H]43)C2)cc1. The van der Waals surface area contributed by atoms with Crippen LogP contribution in [0.5, 0.6) is 0 Å². The largest absolute Gasteiger partial charge is 0.462 e. The number of ether oxygens (including phenoxy) is 2. The molecule has 0 unspecified atom stereocenters. The summed E-state index contributed by atoms with van der Waals surface area (Å²) in [5.41, 5.74) is 1.09. The van der Waals surface area contributed by atoms with Gasteiger partial charge < -0.3 is 14.6 Å². The molecule has 0 aromatic heterocycles. The summed E-state index contributed by atoms with van der Waals surface area (Å²) in [6.45, 7) is 7.19. The molecule has 4 saturated carbocycles. The molecule has 0 spiro atoms. The Balaban J connectivity index is 1.28. The van der Waals surface area contributed by atoms with E-state index in [4.69, 9.17) is 9.47 Å². The highest BCUT2D eigenvalue weighted by Gasteiger charge is 2.61. The summed E-state index contributed by atoms with van der Waals surface area (Å²) >= 11 is 0. The number of rotatable bonds is 3. The molecule has 4 aliphatic rings. The lowest BCUT2D eigenvalue weighted by atomic mass is 9.44. The van der Waals surface area contributed by atoms with Crippen LogP contribution in [0.2, 0.25) is 0 Å². The van der Waals surface area contributed by atoms with Gasteiger partial charge in [0.15, 0.2) is 0 Å². The van der Waals surface area contributed by atoms with E-state index in [2.05, 4.69) is 25.7 Å². The van der Waals surface area contributed by atoms with Gasteiger partial charge in [-0.15, -0.1) is 0 Å². The Morgan fingerprint density at radius 2 is 1.74 bits per heavy atom. The van der Waals surface area contributed by atoms with Crippen LogP contribution in [0, 0.1) is 46.3 Å². The molecular formula is C31H42O4. The van der Waals surface area contributed by atoms with Gasteiger partial charge in [-0.3, -0.25) is 0 Å². The van der Waals surface area contributed by atoms with Crippen molar-refractivity contribution < 1.29 is 19.4 Å². The highest BCUT2D eigenvalue weighted by atomic mass is 16.5. The molecule has 4 heteroatoms. The molecule has 0 heterocycles. The number of methoxy groups -OCH3 is 1. The second-order valence-electron chi connectivity index (χ2n) is 12.3. The number of hydrogen-bond acceptors (Lipinski definition) is 4. The van der Waals surface area contributed by atoms with Crippen LogP contribution in [0.4, 0.5) is 0 Å². The first-order valence-corrected chi connectivity index (χ1v) is 13.8. The summed E-state index contributed by atoms with van der Waals surface area (Å²) in [7, 11) is 1.90. The lowest BCUT2D eigenvalue weighted by Crippen LogP contribution is -2.56. The number of aliphatic hydroxyl groups is 1. The highest BCUT2D eigenvalue weighted by Crippen LogP contribution is 2.67. The molecule has 1 aromatic rings. The quantitative estimate of drug-likeness (QED) is 0.427. The van der Waals surface area contributed by atoms with Crippen LogP contribution >= 0.6 is 0 Å². The topological polar surface area (TPSA) is 55.8 Å².